The van der Waals surface area contributed by atoms with Gasteiger partial charge in [-0.15, -0.1) is 0 Å². The Balaban J connectivity index is 1.32. The fourth-order valence-corrected chi connectivity index (χ4v) is 4.63. The molecule has 1 saturated heterocycles. The number of ether oxygens (including phenoxy) is 2. The molecule has 1 atom stereocenters. The van der Waals surface area contributed by atoms with Gasteiger partial charge in [0.25, 0.3) is 5.91 Å². The number of ketones is 1. The van der Waals surface area contributed by atoms with E-state index in [4.69, 9.17) is 18.9 Å². The molecule has 2 aromatic heterocycles. The number of aromatic nitrogens is 2. The van der Waals surface area contributed by atoms with E-state index in [9.17, 15) is 9.59 Å². The minimum Gasteiger partial charge on any atom is -0.497 e. The molecule has 3 heterocycles. The van der Waals surface area contributed by atoms with Crippen molar-refractivity contribution < 1.29 is 23.5 Å². The monoisotopic (exact) mass is 462 g/mol. The van der Waals surface area contributed by atoms with Crippen LogP contribution in [-0.4, -0.2) is 67.0 Å². The highest BCUT2D eigenvalue weighted by Gasteiger charge is 2.31. The molecule has 0 spiro atoms. The van der Waals surface area contributed by atoms with E-state index < -0.39 is 0 Å². The van der Waals surface area contributed by atoms with Crippen LogP contribution < -0.4 is 14.4 Å². The molecule has 1 unspecified atom stereocenters. The van der Waals surface area contributed by atoms with E-state index in [-0.39, 0.29) is 17.6 Å². The number of hydrogen-bond donors (Lipinski definition) is 0. The van der Waals surface area contributed by atoms with E-state index in [0.29, 0.717) is 67.8 Å². The van der Waals surface area contributed by atoms with E-state index in [1.54, 1.807) is 37.4 Å². The molecule has 2 aliphatic rings. The maximum absolute atomic E-state index is 12.9. The summed E-state index contributed by atoms with van der Waals surface area (Å²) in [4.78, 5) is 38.5. The average Bonchev–Trinajstić information content (AvgIpc) is 3.42. The quantitative estimate of drug-likeness (QED) is 0.571. The summed E-state index contributed by atoms with van der Waals surface area (Å²) in [5.74, 6) is 2.22. The molecule has 0 bridgehead atoms. The third-order valence-electron chi connectivity index (χ3n) is 6.49. The van der Waals surface area contributed by atoms with E-state index >= 15 is 0 Å². The highest BCUT2D eigenvalue weighted by Crippen LogP contribution is 2.38. The van der Waals surface area contributed by atoms with E-state index in [2.05, 4.69) is 4.98 Å². The maximum atomic E-state index is 12.9. The first-order chi connectivity index (χ1) is 16.6. The Labute approximate surface area is 197 Å². The average molecular weight is 463 g/mol. The van der Waals surface area contributed by atoms with Crippen molar-refractivity contribution in [2.75, 3.05) is 45.3 Å². The van der Waals surface area contributed by atoms with Crippen LogP contribution in [0.2, 0.25) is 0 Å². The van der Waals surface area contributed by atoms with Crippen molar-refractivity contribution in [1.29, 1.82) is 0 Å². The molecule has 0 saturated carbocycles. The number of hydrogen-bond acceptors (Lipinski definition) is 8. The van der Waals surface area contributed by atoms with Crippen molar-refractivity contribution in [2.45, 2.75) is 18.8 Å². The number of carbonyl (C=O) groups excluding carboxylic acids is 2. The molecule has 176 valence electrons. The summed E-state index contributed by atoms with van der Waals surface area (Å²) in [5.41, 5.74) is 2.30. The van der Waals surface area contributed by atoms with Gasteiger partial charge in [-0.2, -0.15) is 0 Å². The molecule has 1 aliphatic heterocycles. The van der Waals surface area contributed by atoms with Crippen LogP contribution in [0.15, 0.2) is 47.2 Å². The van der Waals surface area contributed by atoms with Crippen molar-refractivity contribution in [1.82, 2.24) is 14.9 Å². The fraction of sp³-hybridized carbons (Fsp3) is 0.360. The predicted molar refractivity (Wildman–Crippen MR) is 124 cm³/mol. The van der Waals surface area contributed by atoms with Crippen molar-refractivity contribution in [2.24, 2.45) is 0 Å². The highest BCUT2D eigenvalue weighted by molar-refractivity contribution is 5.98. The van der Waals surface area contributed by atoms with Gasteiger partial charge in [0.1, 0.15) is 11.5 Å². The minimum absolute atomic E-state index is 0.0320. The topological polar surface area (TPSA) is 98.0 Å². The number of Topliss-reactive ketones (excluding diaryl/α,β-unsaturated/α-hetero) is 1. The lowest BCUT2D eigenvalue weighted by molar-refractivity contribution is 0.0714. The van der Waals surface area contributed by atoms with Gasteiger partial charge in [-0.1, -0.05) is 6.07 Å². The number of anilines is 1. The van der Waals surface area contributed by atoms with Gasteiger partial charge in [0.2, 0.25) is 5.95 Å². The zero-order valence-electron chi connectivity index (χ0n) is 19.2. The zero-order chi connectivity index (χ0) is 23.7. The summed E-state index contributed by atoms with van der Waals surface area (Å²) in [6.07, 6.45) is 4.14. The maximum Gasteiger partial charge on any atom is 0.289 e. The van der Waals surface area contributed by atoms with Crippen LogP contribution >= 0.6 is 0 Å². The number of fused-ring (bicyclic) bond motifs is 1. The van der Waals surface area contributed by atoms with Crippen molar-refractivity contribution in [3.63, 3.8) is 0 Å². The summed E-state index contributed by atoms with van der Waals surface area (Å²) in [7, 11) is 3.23. The summed E-state index contributed by atoms with van der Waals surface area (Å²) in [5, 5.41) is 0. The molecule has 1 fully saturated rings. The number of benzene rings is 1. The van der Waals surface area contributed by atoms with Gasteiger partial charge in [-0.3, -0.25) is 9.59 Å². The van der Waals surface area contributed by atoms with Crippen molar-refractivity contribution in [3.8, 4) is 11.5 Å². The second kappa shape index (κ2) is 9.17. The molecule has 0 radical (unpaired) electrons. The molecular formula is C25H26N4O5. The number of rotatable bonds is 5. The lowest BCUT2D eigenvalue weighted by atomic mass is 9.82. The lowest BCUT2D eigenvalue weighted by Crippen LogP contribution is -2.49. The molecular weight excluding hydrogens is 436 g/mol. The van der Waals surface area contributed by atoms with E-state index in [1.165, 1.54) is 6.26 Å². The van der Waals surface area contributed by atoms with Gasteiger partial charge in [0.05, 0.1) is 31.7 Å². The Morgan fingerprint density at radius 1 is 1.09 bits per heavy atom. The number of piperazine rings is 1. The normalized spacial score (nSPS) is 17.9. The summed E-state index contributed by atoms with van der Waals surface area (Å²) < 4.78 is 16.1. The molecule has 5 rings (SSSR count). The second-order valence-electron chi connectivity index (χ2n) is 8.42. The number of furan rings is 1. The number of carbonyl (C=O) groups is 2. The minimum atomic E-state index is -0.113. The van der Waals surface area contributed by atoms with Crippen LogP contribution in [0.3, 0.4) is 0 Å². The van der Waals surface area contributed by atoms with Gasteiger partial charge in [-0.25, -0.2) is 9.97 Å². The van der Waals surface area contributed by atoms with Crippen molar-refractivity contribution >= 4 is 17.6 Å². The third-order valence-corrected chi connectivity index (χ3v) is 6.49. The van der Waals surface area contributed by atoms with Crippen LogP contribution in [0.1, 0.15) is 44.5 Å². The highest BCUT2D eigenvalue weighted by atomic mass is 16.5. The van der Waals surface area contributed by atoms with Gasteiger partial charge >= 0.3 is 0 Å². The third kappa shape index (κ3) is 4.09. The first-order valence-electron chi connectivity index (χ1n) is 11.3. The molecule has 9 heteroatoms. The molecule has 0 N–H and O–H groups in total. The SMILES string of the molecule is COc1ccc(C2CC(=O)c3cnc(N4CCN(C(=O)c5ccco5)CC4)nc3C2)c(OC)c1. The van der Waals surface area contributed by atoms with Crippen molar-refractivity contribution in [3.05, 3.63) is 65.4 Å². The van der Waals surface area contributed by atoms with Gasteiger partial charge < -0.3 is 23.7 Å². The van der Waals surface area contributed by atoms with Crippen LogP contribution in [-0.2, 0) is 6.42 Å². The van der Waals surface area contributed by atoms with Gasteiger partial charge in [0.15, 0.2) is 11.5 Å². The van der Waals surface area contributed by atoms with Crippen LogP contribution in [0.4, 0.5) is 5.95 Å². The van der Waals surface area contributed by atoms with E-state index in [0.717, 1.165) is 11.3 Å². The van der Waals surface area contributed by atoms with Gasteiger partial charge in [0, 0.05) is 50.8 Å². The smallest absolute Gasteiger partial charge is 0.289 e. The van der Waals surface area contributed by atoms with E-state index in [1.807, 2.05) is 23.1 Å². The summed E-state index contributed by atoms with van der Waals surface area (Å²) >= 11 is 0. The summed E-state index contributed by atoms with van der Waals surface area (Å²) in [6.45, 7) is 2.30. The molecule has 1 aromatic carbocycles. The largest absolute Gasteiger partial charge is 0.497 e. The Kier molecular flexibility index (Phi) is 5.91. The lowest BCUT2D eigenvalue weighted by Gasteiger charge is -2.34. The summed E-state index contributed by atoms with van der Waals surface area (Å²) in [6, 6.07) is 9.06. The Hall–Kier alpha value is -3.88. The standard InChI is InChI=1S/C25H26N4O5/c1-32-17-5-6-18(23(14-17)33-2)16-12-20-19(21(30)13-16)15-26-25(27-20)29-9-7-28(8-10-29)24(31)22-4-3-11-34-22/h3-6,11,14-16H,7-10,12-13H2,1-2H3. The first kappa shape index (κ1) is 21.9. The van der Waals surface area contributed by atoms with Crippen LogP contribution in [0, 0.1) is 0 Å². The Morgan fingerprint density at radius 3 is 2.62 bits per heavy atom. The predicted octanol–water partition coefficient (Wildman–Crippen LogP) is 2.96. The number of methoxy groups -OCH3 is 2. The molecule has 3 aromatic rings. The zero-order valence-corrected chi connectivity index (χ0v) is 19.2. The molecule has 1 amide bonds. The first-order valence-corrected chi connectivity index (χ1v) is 11.3. The Bertz CT molecular complexity index is 1200. The van der Waals surface area contributed by atoms with Gasteiger partial charge in [-0.05, 0) is 30.2 Å². The Morgan fingerprint density at radius 2 is 1.91 bits per heavy atom. The molecule has 9 nitrogen and oxygen atoms in total. The number of amides is 1. The molecule has 34 heavy (non-hydrogen) atoms. The van der Waals surface area contributed by atoms with Crippen LogP contribution in [0.5, 0.6) is 11.5 Å². The van der Waals surface area contributed by atoms with Crippen LogP contribution in [0.25, 0.3) is 0 Å². The number of nitrogens with zero attached hydrogens (tertiary/aromatic N) is 4. The molecule has 1 aliphatic carbocycles. The fourth-order valence-electron chi connectivity index (χ4n) is 4.63. The second-order valence-corrected chi connectivity index (χ2v) is 8.42.